The van der Waals surface area contributed by atoms with Crippen LogP contribution in [-0.2, 0) is 30.3 Å². The fourth-order valence-corrected chi connectivity index (χ4v) is 13.2. The zero-order valence-corrected chi connectivity index (χ0v) is 51.3. The molecular formula is C70H75N9O12. The molecule has 8 bridgehead atoms. The van der Waals surface area contributed by atoms with E-state index in [4.69, 9.17) is 14.7 Å². The second-order valence-electron chi connectivity index (χ2n) is 24.6. The van der Waals surface area contributed by atoms with Crippen LogP contribution in [0.1, 0.15) is 80.9 Å². The number of hydrogen-bond acceptors (Lipinski definition) is 15. The van der Waals surface area contributed by atoms with Crippen LogP contribution in [0.3, 0.4) is 0 Å². The number of unbranched alkanes of at least 4 members (excludes halogenated alkanes) is 1. The summed E-state index contributed by atoms with van der Waals surface area (Å²) < 4.78 is 6.36. The SMILES string of the molecule is CC1(C)c2ccc(-c3c4nc(c(-c5ccc(O)cc5)c5ccc([nH]5)c(-c5ccc(OCCCCC6CN(CC(=O)O)CCN(CC(=O)O)CCN(CC(=O)O)CCN6CC(=O)O)cc5)c5nc(c(-c6ccc(O)cc6)c6ccc3[nH]6)C=C5)C=C4)cc2C(C)(C)N1O. The van der Waals surface area contributed by atoms with E-state index in [1.54, 1.807) is 43.9 Å². The quantitative estimate of drug-likeness (QED) is 0.0361. The number of aliphatic carboxylic acids is 4. The molecule has 1 unspecified atom stereocenters. The summed E-state index contributed by atoms with van der Waals surface area (Å²) in [5.74, 6) is -3.45. The van der Waals surface area contributed by atoms with Crippen LogP contribution in [0, 0.1) is 0 Å². The molecule has 0 amide bonds. The Morgan fingerprint density at radius 3 is 1.32 bits per heavy atom. The molecule has 1 atom stereocenters. The number of carboxylic acid groups (broad SMARTS) is 4. The number of benzene rings is 4. The van der Waals surface area contributed by atoms with E-state index in [0.717, 1.165) is 77.7 Å². The van der Waals surface area contributed by atoms with Gasteiger partial charge < -0.3 is 50.6 Å². The zero-order valence-electron chi connectivity index (χ0n) is 51.3. The number of aromatic amines is 2. The molecule has 0 aliphatic carbocycles. The van der Waals surface area contributed by atoms with Crippen LogP contribution in [0.5, 0.6) is 17.2 Å². The summed E-state index contributed by atoms with van der Waals surface area (Å²) in [4.78, 5) is 73.3. The highest BCUT2D eigenvalue weighted by molar-refractivity contribution is 6.00. The van der Waals surface area contributed by atoms with E-state index >= 15 is 0 Å². The molecule has 7 aromatic rings. The van der Waals surface area contributed by atoms with Crippen molar-refractivity contribution in [1.82, 2.24) is 44.6 Å². The maximum Gasteiger partial charge on any atom is 0.317 e. The van der Waals surface area contributed by atoms with E-state index in [-0.39, 0.29) is 83.5 Å². The molecular weight excluding hydrogens is 1160 g/mol. The summed E-state index contributed by atoms with van der Waals surface area (Å²) in [7, 11) is 0. The third-order valence-electron chi connectivity index (χ3n) is 17.7. The van der Waals surface area contributed by atoms with E-state index in [1.165, 1.54) is 5.06 Å². The van der Waals surface area contributed by atoms with E-state index in [1.807, 2.05) is 125 Å². The molecule has 472 valence electrons. The summed E-state index contributed by atoms with van der Waals surface area (Å²) in [5.41, 5.74) is 13.0. The average Bonchev–Trinajstić information content (AvgIpc) is 1.58. The van der Waals surface area contributed by atoms with Crippen LogP contribution >= 0.6 is 0 Å². The molecule has 21 heteroatoms. The molecule has 9 N–H and O–H groups in total. The van der Waals surface area contributed by atoms with E-state index < -0.39 is 41.0 Å². The van der Waals surface area contributed by atoms with E-state index in [2.05, 4.69) is 28.2 Å². The highest BCUT2D eigenvalue weighted by Gasteiger charge is 2.49. The Hall–Kier alpha value is -9.48. The Bertz CT molecular complexity index is 4090. The molecule has 0 spiro atoms. The van der Waals surface area contributed by atoms with Crippen LogP contribution in [0.15, 0.2) is 115 Å². The van der Waals surface area contributed by atoms with Crippen LogP contribution in [0.2, 0.25) is 0 Å². The second-order valence-corrected chi connectivity index (χ2v) is 24.6. The number of hydrogen-bond donors (Lipinski definition) is 9. The Morgan fingerprint density at radius 2 is 0.868 bits per heavy atom. The number of aromatic nitrogens is 4. The van der Waals surface area contributed by atoms with Gasteiger partial charge in [-0.3, -0.25) is 38.8 Å². The van der Waals surface area contributed by atoms with Crippen LogP contribution in [-0.4, -0.2) is 189 Å². The van der Waals surface area contributed by atoms with Gasteiger partial charge in [0.25, 0.3) is 0 Å². The summed E-state index contributed by atoms with van der Waals surface area (Å²) in [5, 5.41) is 73.4. The number of rotatable bonds is 18. The van der Waals surface area contributed by atoms with E-state index in [9.17, 15) is 55.0 Å². The van der Waals surface area contributed by atoms with Gasteiger partial charge in [0, 0.05) is 96.2 Å². The normalized spacial score (nSPS) is 17.3. The Labute approximate surface area is 526 Å². The number of fused-ring (bicyclic) bond motifs is 9. The van der Waals surface area contributed by atoms with Crippen molar-refractivity contribution in [1.29, 1.82) is 0 Å². The molecule has 91 heavy (non-hydrogen) atoms. The van der Waals surface area contributed by atoms with Crippen molar-refractivity contribution >= 4 is 70.2 Å². The Kier molecular flexibility index (Phi) is 18.4. The summed E-state index contributed by atoms with van der Waals surface area (Å²) >= 11 is 0. The number of phenols is 2. The summed E-state index contributed by atoms with van der Waals surface area (Å²) in [6.45, 7) is 8.49. The first-order chi connectivity index (χ1) is 43.6. The van der Waals surface area contributed by atoms with Crippen LogP contribution < -0.4 is 4.74 Å². The largest absolute Gasteiger partial charge is 0.508 e. The van der Waals surface area contributed by atoms with Crippen molar-refractivity contribution in [3.63, 3.8) is 0 Å². The lowest BCUT2D eigenvalue weighted by molar-refractivity contribution is -0.216. The molecule has 0 saturated carbocycles. The third kappa shape index (κ3) is 14.0. The number of hydroxylamine groups is 2. The fourth-order valence-electron chi connectivity index (χ4n) is 13.2. The van der Waals surface area contributed by atoms with E-state index in [0.29, 0.717) is 54.4 Å². The molecule has 0 radical (unpaired) electrons. The summed E-state index contributed by atoms with van der Waals surface area (Å²) in [6, 6.07) is 35.8. The number of aromatic hydroxyl groups is 2. The van der Waals surface area contributed by atoms with Crippen molar-refractivity contribution in [2.24, 2.45) is 0 Å². The van der Waals surface area contributed by atoms with Crippen molar-refractivity contribution in [3.05, 3.63) is 149 Å². The van der Waals surface area contributed by atoms with Gasteiger partial charge in [-0.15, -0.1) is 0 Å². The monoisotopic (exact) mass is 1230 g/mol. The minimum atomic E-state index is -1.08. The first kappa shape index (κ1) is 63.1. The van der Waals surface area contributed by atoms with Gasteiger partial charge in [-0.05, 0) is 171 Å². The van der Waals surface area contributed by atoms with Crippen molar-refractivity contribution in [3.8, 4) is 61.8 Å². The first-order valence-corrected chi connectivity index (χ1v) is 30.5. The fraction of sp³-hybridized carbons (Fsp3) is 0.314. The lowest BCUT2D eigenvalue weighted by Crippen LogP contribution is -2.52. The van der Waals surface area contributed by atoms with Gasteiger partial charge in [-0.25, -0.2) is 9.97 Å². The van der Waals surface area contributed by atoms with Gasteiger partial charge in [0.15, 0.2) is 0 Å². The van der Waals surface area contributed by atoms with Gasteiger partial charge in [0.05, 0.1) is 66.6 Å². The number of H-pyrrole nitrogens is 2. The predicted molar refractivity (Wildman–Crippen MR) is 348 cm³/mol. The smallest absolute Gasteiger partial charge is 0.317 e. The van der Waals surface area contributed by atoms with Crippen molar-refractivity contribution < 1.29 is 59.8 Å². The highest BCUT2D eigenvalue weighted by atomic mass is 16.5. The molecule has 21 nitrogen and oxygen atoms in total. The van der Waals surface area contributed by atoms with Crippen molar-refractivity contribution in [2.45, 2.75) is 64.1 Å². The third-order valence-corrected chi connectivity index (χ3v) is 17.7. The molecule has 4 aromatic carbocycles. The minimum absolute atomic E-state index is 0.119. The first-order valence-electron chi connectivity index (χ1n) is 30.5. The molecule has 7 heterocycles. The lowest BCUT2D eigenvalue weighted by Gasteiger charge is -2.37. The van der Waals surface area contributed by atoms with Gasteiger partial charge in [0.2, 0.25) is 0 Å². The molecule has 11 rings (SSSR count). The molecule has 4 aliphatic rings. The molecule has 1 saturated heterocycles. The van der Waals surface area contributed by atoms with Gasteiger partial charge in [-0.1, -0.05) is 48.5 Å². The number of carboxylic acids is 4. The van der Waals surface area contributed by atoms with Gasteiger partial charge in [-0.2, -0.15) is 5.06 Å². The number of ether oxygens (including phenoxy) is 1. The molecule has 1 fully saturated rings. The number of nitrogens with one attached hydrogen (secondary N) is 2. The van der Waals surface area contributed by atoms with Crippen molar-refractivity contribution in [2.75, 3.05) is 78.6 Å². The standard InChI is InChI=1S/C70H75N9O12/c1-69(2)51-21-14-46(37-52(51)70(3,4)79(69)90)68-59-28-26-55(73-59)65(43-8-15-48(80)16-9-43)53-22-24-57(71-53)67(58-25-23-54(72-58)66(56-27-29-60(68)74-56)44-10-17-49(81)18-11-44)45-12-19-50(20-13-45)91-36-6-5-7-47-38-77(41-63(86)87)33-32-75(39-61(82)83)30-31-76(40-62(84)85)34-35-78(47)42-64(88)89/h8-29,37,47,71,74,80-81,90H,5-7,30-36,38-42H2,1-4H3,(H,82,83)(H,84,85)(H,86,87)(H,88,89). The lowest BCUT2D eigenvalue weighted by atomic mass is 9.87. The number of nitrogens with zero attached hydrogens (tertiary/aromatic N) is 7. The topological polar surface area (TPSA) is 293 Å². The number of phenolic OH excluding ortho intramolecular Hbond substituents is 2. The molecule has 3 aromatic heterocycles. The zero-order chi connectivity index (χ0) is 64.3. The second kappa shape index (κ2) is 26.5. The maximum atomic E-state index is 12.3. The highest BCUT2D eigenvalue weighted by Crippen LogP contribution is 2.50. The average molecular weight is 1230 g/mol. The Morgan fingerprint density at radius 1 is 0.484 bits per heavy atom. The van der Waals surface area contributed by atoms with Crippen LogP contribution in [0.4, 0.5) is 0 Å². The minimum Gasteiger partial charge on any atom is -0.508 e. The van der Waals surface area contributed by atoms with Crippen LogP contribution in [0.25, 0.3) is 90.9 Å². The Balaban J connectivity index is 0.951. The predicted octanol–water partition coefficient (Wildman–Crippen LogP) is 10.4. The summed E-state index contributed by atoms with van der Waals surface area (Å²) in [6.07, 6.45) is 9.61. The van der Waals surface area contributed by atoms with Gasteiger partial charge >= 0.3 is 23.9 Å². The molecule has 4 aliphatic heterocycles. The maximum absolute atomic E-state index is 12.3. The number of carbonyl (C=O) groups is 4. The van der Waals surface area contributed by atoms with Gasteiger partial charge in [0.1, 0.15) is 17.2 Å².